The lowest BCUT2D eigenvalue weighted by Crippen LogP contribution is -2.32. The van der Waals surface area contributed by atoms with Gasteiger partial charge in [-0.15, -0.1) is 0 Å². The van der Waals surface area contributed by atoms with Crippen molar-refractivity contribution in [2.24, 2.45) is 0 Å². The Labute approximate surface area is 148 Å². The van der Waals surface area contributed by atoms with Crippen molar-refractivity contribution in [3.05, 3.63) is 59.9 Å². The number of pyridine rings is 1. The van der Waals surface area contributed by atoms with Crippen molar-refractivity contribution < 1.29 is 9.59 Å². The fourth-order valence-corrected chi connectivity index (χ4v) is 2.38. The molecule has 25 heavy (non-hydrogen) atoms. The molecule has 1 N–H and O–H groups in total. The van der Waals surface area contributed by atoms with Crippen molar-refractivity contribution in [2.45, 2.75) is 6.92 Å². The highest BCUT2D eigenvalue weighted by Crippen LogP contribution is 2.16. The van der Waals surface area contributed by atoms with E-state index in [9.17, 15) is 9.59 Å². The maximum absolute atomic E-state index is 12.8. The molecule has 1 aromatic carbocycles. The number of carbonyl (C=O) groups excluding carboxylic acids is 2. The first-order valence-electron chi connectivity index (χ1n) is 8.27. The molecule has 0 aliphatic rings. The van der Waals surface area contributed by atoms with Crippen molar-refractivity contribution in [1.82, 2.24) is 15.2 Å². The van der Waals surface area contributed by atoms with Crippen molar-refractivity contribution in [1.29, 1.82) is 0 Å². The summed E-state index contributed by atoms with van der Waals surface area (Å²) >= 11 is 0. The average molecular weight is 340 g/mol. The molecule has 132 valence electrons. The Hall–Kier alpha value is -2.73. The molecule has 0 fully saturated rings. The Kier molecular flexibility index (Phi) is 6.65. The molecule has 0 aliphatic heterocycles. The first-order chi connectivity index (χ1) is 12.0. The van der Waals surface area contributed by atoms with Gasteiger partial charge in [0.1, 0.15) is 0 Å². The maximum Gasteiger partial charge on any atom is 0.259 e. The molecular weight excluding hydrogens is 316 g/mol. The largest absolute Gasteiger partial charge is 0.351 e. The van der Waals surface area contributed by atoms with Crippen LogP contribution in [-0.2, 0) is 0 Å². The van der Waals surface area contributed by atoms with E-state index in [1.54, 1.807) is 11.0 Å². The van der Waals surface area contributed by atoms with Crippen molar-refractivity contribution in [3.63, 3.8) is 0 Å². The predicted octanol–water partition coefficient (Wildman–Crippen LogP) is 2.04. The standard InChI is InChI=1S/C19H24N4O2/c1-4-23(17-8-6-5-7-9-17)19(25)16-12-15(13-20-14-16)18(24)21-10-11-22(2)3/h5-9,12-14H,4,10-11H2,1-3H3,(H,21,24). The van der Waals surface area contributed by atoms with Crippen LogP contribution < -0.4 is 10.2 Å². The number of benzene rings is 1. The predicted molar refractivity (Wildman–Crippen MR) is 98.9 cm³/mol. The summed E-state index contributed by atoms with van der Waals surface area (Å²) in [7, 11) is 3.88. The van der Waals surface area contributed by atoms with Gasteiger partial charge in [-0.1, -0.05) is 18.2 Å². The second kappa shape index (κ2) is 8.94. The first-order valence-corrected chi connectivity index (χ1v) is 8.27. The monoisotopic (exact) mass is 340 g/mol. The molecule has 2 amide bonds. The smallest absolute Gasteiger partial charge is 0.259 e. The van der Waals surface area contributed by atoms with Crippen LogP contribution in [0.15, 0.2) is 48.8 Å². The molecule has 0 bridgehead atoms. The number of rotatable bonds is 7. The molecule has 1 aromatic heterocycles. The van der Waals surface area contributed by atoms with Crippen LogP contribution in [0.5, 0.6) is 0 Å². The molecule has 0 atom stereocenters. The van der Waals surface area contributed by atoms with Crippen LogP contribution in [0, 0.1) is 0 Å². The summed E-state index contributed by atoms with van der Waals surface area (Å²) in [6.45, 7) is 3.72. The van der Waals surface area contributed by atoms with Crippen LogP contribution in [-0.4, -0.2) is 55.4 Å². The quantitative estimate of drug-likeness (QED) is 0.838. The molecule has 6 heteroatoms. The zero-order valence-electron chi connectivity index (χ0n) is 14.9. The van der Waals surface area contributed by atoms with Crippen LogP contribution in [0.4, 0.5) is 5.69 Å². The van der Waals surface area contributed by atoms with E-state index in [-0.39, 0.29) is 11.8 Å². The third kappa shape index (κ3) is 5.12. The molecule has 0 unspecified atom stereocenters. The summed E-state index contributed by atoms with van der Waals surface area (Å²) in [5.41, 5.74) is 1.59. The van der Waals surface area contributed by atoms with Gasteiger partial charge < -0.3 is 15.1 Å². The normalized spacial score (nSPS) is 10.6. The van der Waals surface area contributed by atoms with E-state index in [4.69, 9.17) is 0 Å². The zero-order valence-corrected chi connectivity index (χ0v) is 14.9. The fourth-order valence-electron chi connectivity index (χ4n) is 2.38. The van der Waals surface area contributed by atoms with Crippen LogP contribution in [0.2, 0.25) is 0 Å². The number of carbonyl (C=O) groups is 2. The summed E-state index contributed by atoms with van der Waals surface area (Å²) in [6, 6.07) is 11.0. The molecule has 0 spiro atoms. The van der Waals surface area contributed by atoms with Gasteiger partial charge in [-0.25, -0.2) is 0 Å². The van der Waals surface area contributed by atoms with Crippen LogP contribution in [0.25, 0.3) is 0 Å². The molecule has 0 saturated heterocycles. The molecule has 2 rings (SSSR count). The number of hydrogen-bond donors (Lipinski definition) is 1. The Bertz CT molecular complexity index is 716. The Morgan fingerprint density at radius 1 is 1.08 bits per heavy atom. The van der Waals surface area contributed by atoms with Crippen LogP contribution in [0.1, 0.15) is 27.6 Å². The summed E-state index contributed by atoms with van der Waals surface area (Å²) in [5, 5.41) is 2.83. The second-order valence-electron chi connectivity index (χ2n) is 5.91. The van der Waals surface area contributed by atoms with E-state index in [0.717, 1.165) is 12.2 Å². The Morgan fingerprint density at radius 3 is 2.40 bits per heavy atom. The van der Waals surface area contributed by atoms with Gasteiger partial charge in [-0.2, -0.15) is 0 Å². The van der Waals surface area contributed by atoms with E-state index in [1.807, 2.05) is 56.3 Å². The minimum Gasteiger partial charge on any atom is -0.351 e. The van der Waals surface area contributed by atoms with Crippen molar-refractivity contribution in [3.8, 4) is 0 Å². The SMILES string of the molecule is CCN(C(=O)c1cncc(C(=O)NCCN(C)C)c1)c1ccccc1. The Balaban J connectivity index is 2.14. The summed E-state index contributed by atoms with van der Waals surface area (Å²) < 4.78 is 0. The van der Waals surface area contributed by atoms with E-state index < -0.39 is 0 Å². The minimum absolute atomic E-state index is 0.177. The molecular formula is C19H24N4O2. The number of para-hydroxylation sites is 1. The number of nitrogens with zero attached hydrogens (tertiary/aromatic N) is 3. The number of anilines is 1. The first kappa shape index (κ1) is 18.6. The molecule has 6 nitrogen and oxygen atoms in total. The third-order valence-corrected chi connectivity index (χ3v) is 3.72. The van der Waals surface area contributed by atoms with Gasteiger partial charge in [-0.3, -0.25) is 14.6 Å². The maximum atomic E-state index is 12.8. The second-order valence-corrected chi connectivity index (χ2v) is 5.91. The zero-order chi connectivity index (χ0) is 18.2. The third-order valence-electron chi connectivity index (χ3n) is 3.72. The average Bonchev–Trinajstić information content (AvgIpc) is 2.63. The van der Waals surface area contributed by atoms with Crippen LogP contribution >= 0.6 is 0 Å². The van der Waals surface area contributed by atoms with E-state index in [2.05, 4.69) is 10.3 Å². The molecule has 0 radical (unpaired) electrons. The van der Waals surface area contributed by atoms with Crippen molar-refractivity contribution >= 4 is 17.5 Å². The number of aromatic nitrogens is 1. The van der Waals surface area contributed by atoms with Crippen molar-refractivity contribution in [2.75, 3.05) is 38.6 Å². The minimum atomic E-state index is -0.230. The number of hydrogen-bond acceptors (Lipinski definition) is 4. The van der Waals surface area contributed by atoms with Gasteiger partial charge in [0.2, 0.25) is 0 Å². The highest BCUT2D eigenvalue weighted by Gasteiger charge is 2.18. The Morgan fingerprint density at radius 2 is 1.76 bits per heavy atom. The lowest BCUT2D eigenvalue weighted by atomic mass is 10.1. The number of likely N-dealkylation sites (N-methyl/N-ethyl adjacent to an activating group) is 1. The number of nitrogens with one attached hydrogen (secondary N) is 1. The number of amides is 2. The summed E-state index contributed by atoms with van der Waals surface area (Å²) in [5.74, 6) is -0.407. The fraction of sp³-hybridized carbons (Fsp3) is 0.316. The van der Waals surface area contributed by atoms with E-state index in [0.29, 0.717) is 24.2 Å². The van der Waals surface area contributed by atoms with E-state index in [1.165, 1.54) is 12.4 Å². The van der Waals surface area contributed by atoms with Gasteiger partial charge in [0.15, 0.2) is 0 Å². The highest BCUT2D eigenvalue weighted by atomic mass is 16.2. The van der Waals surface area contributed by atoms with Gasteiger partial charge in [0, 0.05) is 37.7 Å². The van der Waals surface area contributed by atoms with Gasteiger partial charge in [0.05, 0.1) is 11.1 Å². The summed E-state index contributed by atoms with van der Waals surface area (Å²) in [6.07, 6.45) is 2.96. The van der Waals surface area contributed by atoms with Gasteiger partial charge in [0.25, 0.3) is 11.8 Å². The van der Waals surface area contributed by atoms with Gasteiger partial charge in [-0.05, 0) is 39.2 Å². The van der Waals surface area contributed by atoms with E-state index >= 15 is 0 Å². The molecule has 0 aliphatic carbocycles. The topological polar surface area (TPSA) is 65.5 Å². The highest BCUT2D eigenvalue weighted by molar-refractivity contribution is 6.07. The van der Waals surface area contributed by atoms with Crippen LogP contribution in [0.3, 0.4) is 0 Å². The summed E-state index contributed by atoms with van der Waals surface area (Å²) in [4.78, 5) is 32.7. The van der Waals surface area contributed by atoms with Gasteiger partial charge >= 0.3 is 0 Å². The lowest BCUT2D eigenvalue weighted by Gasteiger charge is -2.21. The lowest BCUT2D eigenvalue weighted by molar-refractivity contribution is 0.0950. The molecule has 0 saturated carbocycles. The molecule has 1 heterocycles. The molecule has 2 aromatic rings.